The maximum atomic E-state index is 4.19. The molecule has 3 saturated heterocycles. The lowest BCUT2D eigenvalue weighted by Crippen LogP contribution is -2.53. The van der Waals surface area contributed by atoms with Crippen LogP contribution < -0.4 is 5.32 Å². The number of hydrogen-bond donors (Lipinski definition) is 1. The molecule has 3 aliphatic rings. The van der Waals surface area contributed by atoms with Crippen molar-refractivity contribution in [3.8, 4) is 0 Å². The Labute approximate surface area is 104 Å². The Bertz CT molecular complexity index is 374. The van der Waals surface area contributed by atoms with E-state index in [-0.39, 0.29) is 0 Å². The average Bonchev–Trinajstić information content (AvgIpc) is 2.30. The first-order valence-electron chi connectivity index (χ1n) is 5.91. The molecule has 0 spiro atoms. The molecule has 0 aromatic carbocycles. The van der Waals surface area contributed by atoms with Crippen molar-refractivity contribution in [1.29, 1.82) is 0 Å². The number of fused-ring (bicyclic) bond motifs is 3. The van der Waals surface area contributed by atoms with Gasteiger partial charge in [-0.25, -0.2) is 0 Å². The van der Waals surface area contributed by atoms with E-state index in [9.17, 15) is 0 Å². The minimum Gasteiger partial charge on any atom is -0.379 e. The molecule has 4 rings (SSSR count). The first-order valence-corrected chi connectivity index (χ1v) is 6.70. The van der Waals surface area contributed by atoms with E-state index < -0.39 is 0 Å². The van der Waals surface area contributed by atoms with Crippen LogP contribution in [0.4, 0.5) is 5.69 Å². The Hall–Kier alpha value is -0.610. The van der Waals surface area contributed by atoms with E-state index in [2.05, 4.69) is 37.2 Å². The van der Waals surface area contributed by atoms with Gasteiger partial charge in [-0.1, -0.05) is 0 Å². The summed E-state index contributed by atoms with van der Waals surface area (Å²) in [6.07, 6.45) is 6.42. The highest BCUT2D eigenvalue weighted by molar-refractivity contribution is 9.10. The lowest BCUT2D eigenvalue weighted by Gasteiger charge is -2.45. The molecule has 4 heteroatoms. The zero-order valence-electron chi connectivity index (χ0n) is 9.19. The van der Waals surface area contributed by atoms with Gasteiger partial charge in [0.1, 0.15) is 0 Å². The Kier molecular flexibility index (Phi) is 2.86. The molecular weight excluding hydrogens is 266 g/mol. The molecule has 0 saturated carbocycles. The molecule has 1 aromatic rings. The number of anilines is 1. The number of nitrogens with zero attached hydrogens (tertiary/aromatic N) is 2. The fourth-order valence-corrected chi connectivity index (χ4v) is 3.20. The van der Waals surface area contributed by atoms with Crippen molar-refractivity contribution in [2.75, 3.05) is 25.0 Å². The van der Waals surface area contributed by atoms with Crippen molar-refractivity contribution < 1.29 is 0 Å². The molecule has 4 heterocycles. The number of pyridine rings is 1. The third-order valence-electron chi connectivity index (χ3n) is 3.71. The van der Waals surface area contributed by atoms with E-state index in [1.807, 2.05) is 12.4 Å². The van der Waals surface area contributed by atoms with E-state index in [4.69, 9.17) is 0 Å². The Morgan fingerprint density at radius 1 is 1.31 bits per heavy atom. The average molecular weight is 282 g/mol. The second-order valence-electron chi connectivity index (χ2n) is 4.78. The number of halogens is 1. The smallest absolute Gasteiger partial charge is 0.0540 e. The summed E-state index contributed by atoms with van der Waals surface area (Å²) in [5.41, 5.74) is 1.13. The number of rotatable bonds is 2. The maximum absolute atomic E-state index is 4.19. The lowest BCUT2D eigenvalue weighted by molar-refractivity contribution is 0.0975. The SMILES string of the molecule is Brc1cncc(NC2CN3CCC2CC3)c1. The van der Waals surface area contributed by atoms with Gasteiger partial charge in [-0.15, -0.1) is 0 Å². The van der Waals surface area contributed by atoms with Crippen LogP contribution in [0.2, 0.25) is 0 Å². The molecule has 1 atom stereocenters. The predicted octanol–water partition coefficient (Wildman–Crippen LogP) is 2.35. The quantitative estimate of drug-likeness (QED) is 0.902. The molecule has 3 nitrogen and oxygen atoms in total. The van der Waals surface area contributed by atoms with Gasteiger partial charge < -0.3 is 10.2 Å². The van der Waals surface area contributed by atoms with Crippen molar-refractivity contribution in [3.05, 3.63) is 22.9 Å². The third kappa shape index (κ3) is 2.09. The van der Waals surface area contributed by atoms with Gasteiger partial charge in [0.15, 0.2) is 0 Å². The van der Waals surface area contributed by atoms with Gasteiger partial charge in [0.2, 0.25) is 0 Å². The monoisotopic (exact) mass is 281 g/mol. The largest absolute Gasteiger partial charge is 0.379 e. The zero-order valence-corrected chi connectivity index (χ0v) is 10.8. The summed E-state index contributed by atoms with van der Waals surface area (Å²) < 4.78 is 1.04. The Morgan fingerprint density at radius 2 is 2.12 bits per heavy atom. The lowest BCUT2D eigenvalue weighted by atomic mass is 9.84. The molecule has 86 valence electrons. The highest BCUT2D eigenvalue weighted by atomic mass is 79.9. The van der Waals surface area contributed by atoms with Gasteiger partial charge in [-0.2, -0.15) is 0 Å². The number of piperidine rings is 3. The minimum absolute atomic E-state index is 0.610. The van der Waals surface area contributed by atoms with E-state index in [1.165, 1.54) is 32.5 Å². The van der Waals surface area contributed by atoms with Crippen LogP contribution in [0.3, 0.4) is 0 Å². The molecule has 1 N–H and O–H groups in total. The van der Waals surface area contributed by atoms with E-state index in [1.54, 1.807) is 0 Å². The van der Waals surface area contributed by atoms with Gasteiger partial charge in [0, 0.05) is 23.3 Å². The normalized spacial score (nSPS) is 32.7. The van der Waals surface area contributed by atoms with Crippen LogP contribution in [0.15, 0.2) is 22.9 Å². The maximum Gasteiger partial charge on any atom is 0.0540 e. The molecule has 3 aliphatic heterocycles. The first kappa shape index (κ1) is 10.5. The van der Waals surface area contributed by atoms with Crippen molar-refractivity contribution in [3.63, 3.8) is 0 Å². The van der Waals surface area contributed by atoms with Crippen LogP contribution in [-0.2, 0) is 0 Å². The minimum atomic E-state index is 0.610. The molecule has 0 aliphatic carbocycles. The van der Waals surface area contributed by atoms with E-state index in [0.29, 0.717) is 6.04 Å². The summed E-state index contributed by atoms with van der Waals surface area (Å²) in [7, 11) is 0. The summed E-state index contributed by atoms with van der Waals surface area (Å²) in [6.45, 7) is 3.77. The molecule has 3 fully saturated rings. The summed E-state index contributed by atoms with van der Waals surface area (Å²) >= 11 is 3.46. The molecule has 2 bridgehead atoms. The van der Waals surface area contributed by atoms with Gasteiger partial charge in [-0.05, 0) is 53.8 Å². The number of nitrogens with one attached hydrogen (secondary N) is 1. The standard InChI is InChI=1S/C12H16BrN3/c13-10-5-11(7-14-6-10)15-12-8-16-3-1-9(12)2-4-16/h5-7,9,12,15H,1-4,8H2. The molecular formula is C12H16BrN3. The summed E-state index contributed by atoms with van der Waals surface area (Å²) in [5.74, 6) is 0.851. The summed E-state index contributed by atoms with van der Waals surface area (Å²) in [4.78, 5) is 6.75. The summed E-state index contributed by atoms with van der Waals surface area (Å²) in [6, 6.07) is 2.71. The van der Waals surface area contributed by atoms with Crippen molar-refractivity contribution in [2.24, 2.45) is 5.92 Å². The first-order chi connectivity index (χ1) is 7.81. The van der Waals surface area contributed by atoms with Crippen molar-refractivity contribution >= 4 is 21.6 Å². The highest BCUT2D eigenvalue weighted by Crippen LogP contribution is 2.29. The van der Waals surface area contributed by atoms with Crippen LogP contribution in [0.5, 0.6) is 0 Å². The summed E-state index contributed by atoms with van der Waals surface area (Å²) in [5, 5.41) is 3.62. The highest BCUT2D eigenvalue weighted by Gasteiger charge is 2.33. The zero-order chi connectivity index (χ0) is 11.0. The van der Waals surface area contributed by atoms with E-state index in [0.717, 1.165) is 16.1 Å². The fourth-order valence-electron chi connectivity index (χ4n) is 2.83. The third-order valence-corrected chi connectivity index (χ3v) is 4.15. The molecule has 1 unspecified atom stereocenters. The number of hydrogen-bond acceptors (Lipinski definition) is 3. The Morgan fingerprint density at radius 3 is 2.75 bits per heavy atom. The Balaban J connectivity index is 1.71. The van der Waals surface area contributed by atoms with Crippen LogP contribution >= 0.6 is 15.9 Å². The molecule has 0 amide bonds. The van der Waals surface area contributed by atoms with Gasteiger partial charge in [-0.3, -0.25) is 4.98 Å². The van der Waals surface area contributed by atoms with Crippen molar-refractivity contribution in [2.45, 2.75) is 18.9 Å². The predicted molar refractivity (Wildman–Crippen MR) is 68.5 cm³/mol. The van der Waals surface area contributed by atoms with Crippen LogP contribution in [0.25, 0.3) is 0 Å². The van der Waals surface area contributed by atoms with Gasteiger partial charge in [0.25, 0.3) is 0 Å². The van der Waals surface area contributed by atoms with Crippen LogP contribution in [0.1, 0.15) is 12.8 Å². The van der Waals surface area contributed by atoms with Crippen LogP contribution in [0, 0.1) is 5.92 Å². The van der Waals surface area contributed by atoms with Gasteiger partial charge >= 0.3 is 0 Å². The fraction of sp³-hybridized carbons (Fsp3) is 0.583. The molecule has 1 aromatic heterocycles. The van der Waals surface area contributed by atoms with E-state index >= 15 is 0 Å². The topological polar surface area (TPSA) is 28.2 Å². The van der Waals surface area contributed by atoms with Gasteiger partial charge in [0.05, 0.1) is 11.9 Å². The number of aromatic nitrogens is 1. The molecule has 16 heavy (non-hydrogen) atoms. The second-order valence-corrected chi connectivity index (χ2v) is 5.70. The van der Waals surface area contributed by atoms with Crippen LogP contribution in [-0.4, -0.2) is 35.6 Å². The molecule has 0 radical (unpaired) electrons. The van der Waals surface area contributed by atoms with Crippen molar-refractivity contribution in [1.82, 2.24) is 9.88 Å². The second kappa shape index (κ2) is 4.34.